The van der Waals surface area contributed by atoms with Crippen LogP contribution in [0.15, 0.2) is 22.9 Å². The van der Waals surface area contributed by atoms with Gasteiger partial charge in [-0.25, -0.2) is 0 Å². The molecule has 0 amide bonds. The van der Waals surface area contributed by atoms with Gasteiger partial charge in [0.1, 0.15) is 0 Å². The zero-order valence-corrected chi connectivity index (χ0v) is 10.7. The molecular weight excluding hydrogens is 240 g/mol. The monoisotopic (exact) mass is 256 g/mol. The molecule has 1 heterocycles. The van der Waals surface area contributed by atoms with Crippen molar-refractivity contribution in [2.24, 2.45) is 5.41 Å². The van der Waals surface area contributed by atoms with Gasteiger partial charge in [0, 0.05) is 22.9 Å². The highest BCUT2D eigenvalue weighted by Crippen LogP contribution is 2.35. The maximum Gasteiger partial charge on any atom is 0.0413 e. The Labute approximate surface area is 94.3 Å². The molecule has 0 spiro atoms. The molecule has 1 aromatic heterocycles. The van der Waals surface area contributed by atoms with Crippen LogP contribution in [0.3, 0.4) is 0 Å². The maximum atomic E-state index is 4.07. The lowest BCUT2D eigenvalue weighted by atomic mass is 9.83. The second-order valence-electron chi connectivity index (χ2n) is 4.48. The maximum absolute atomic E-state index is 4.07. The molecule has 2 nitrogen and oxygen atoms in total. The Morgan fingerprint density at radius 2 is 2.07 bits per heavy atom. The van der Waals surface area contributed by atoms with Crippen LogP contribution in [0.25, 0.3) is 0 Å². The number of aromatic nitrogens is 1. The fourth-order valence-corrected chi connectivity index (χ4v) is 2.15. The highest BCUT2D eigenvalue weighted by Gasteiger charge is 2.25. The van der Waals surface area contributed by atoms with Gasteiger partial charge in [-0.2, -0.15) is 0 Å². The number of pyridine rings is 1. The summed E-state index contributed by atoms with van der Waals surface area (Å²) >= 11 is 3.53. The third-order valence-electron chi connectivity index (χ3n) is 2.27. The van der Waals surface area contributed by atoms with Crippen LogP contribution in [-0.2, 0) is 0 Å². The van der Waals surface area contributed by atoms with Gasteiger partial charge in [-0.15, -0.1) is 0 Å². The van der Waals surface area contributed by atoms with Crippen molar-refractivity contribution in [3.05, 3.63) is 28.5 Å². The number of halogens is 1. The summed E-state index contributed by atoms with van der Waals surface area (Å²) in [6.07, 6.45) is 3.67. The van der Waals surface area contributed by atoms with E-state index in [1.54, 1.807) is 0 Å². The molecule has 0 aliphatic heterocycles. The van der Waals surface area contributed by atoms with Crippen molar-refractivity contribution in [1.29, 1.82) is 0 Å². The Balaban J connectivity index is 3.08. The molecule has 78 valence electrons. The van der Waals surface area contributed by atoms with Crippen molar-refractivity contribution < 1.29 is 0 Å². The van der Waals surface area contributed by atoms with E-state index in [1.807, 2.05) is 19.4 Å². The van der Waals surface area contributed by atoms with Crippen LogP contribution in [0.5, 0.6) is 0 Å². The summed E-state index contributed by atoms with van der Waals surface area (Å²) in [4.78, 5) is 4.07. The zero-order valence-electron chi connectivity index (χ0n) is 9.13. The van der Waals surface area contributed by atoms with E-state index in [-0.39, 0.29) is 5.41 Å². The SMILES string of the molecule is CNC(c1ccncc1Br)C(C)(C)C. The summed E-state index contributed by atoms with van der Waals surface area (Å²) in [6.45, 7) is 6.67. The molecule has 0 aromatic carbocycles. The van der Waals surface area contributed by atoms with Gasteiger partial charge >= 0.3 is 0 Å². The Hall–Kier alpha value is -0.410. The van der Waals surface area contributed by atoms with Crippen LogP contribution in [-0.4, -0.2) is 12.0 Å². The van der Waals surface area contributed by atoms with Crippen LogP contribution >= 0.6 is 15.9 Å². The largest absolute Gasteiger partial charge is 0.313 e. The fraction of sp³-hybridized carbons (Fsp3) is 0.545. The summed E-state index contributed by atoms with van der Waals surface area (Å²) < 4.78 is 1.06. The third-order valence-corrected chi connectivity index (χ3v) is 2.93. The molecule has 3 heteroatoms. The van der Waals surface area contributed by atoms with Gasteiger partial charge in [0.15, 0.2) is 0 Å². The summed E-state index contributed by atoms with van der Waals surface area (Å²) in [5, 5.41) is 3.34. The lowest BCUT2D eigenvalue weighted by Gasteiger charge is -2.31. The van der Waals surface area contributed by atoms with Crippen LogP contribution in [0.4, 0.5) is 0 Å². The first kappa shape index (κ1) is 11.7. The van der Waals surface area contributed by atoms with Gasteiger partial charge in [0.25, 0.3) is 0 Å². The highest BCUT2D eigenvalue weighted by molar-refractivity contribution is 9.10. The molecule has 0 fully saturated rings. The lowest BCUT2D eigenvalue weighted by molar-refractivity contribution is 0.286. The van der Waals surface area contributed by atoms with E-state index in [2.05, 4.69) is 53.1 Å². The smallest absolute Gasteiger partial charge is 0.0413 e. The first-order chi connectivity index (χ1) is 6.46. The Morgan fingerprint density at radius 3 is 2.50 bits per heavy atom. The van der Waals surface area contributed by atoms with Gasteiger partial charge in [-0.1, -0.05) is 20.8 Å². The van der Waals surface area contributed by atoms with E-state index < -0.39 is 0 Å². The van der Waals surface area contributed by atoms with Crippen molar-refractivity contribution in [2.75, 3.05) is 7.05 Å². The minimum Gasteiger partial charge on any atom is -0.313 e. The predicted octanol–water partition coefficient (Wildman–Crippen LogP) is 3.15. The summed E-state index contributed by atoms with van der Waals surface area (Å²) in [6, 6.07) is 2.39. The lowest BCUT2D eigenvalue weighted by Crippen LogP contribution is -2.29. The predicted molar refractivity (Wildman–Crippen MR) is 63.2 cm³/mol. The number of nitrogens with zero attached hydrogens (tertiary/aromatic N) is 1. The van der Waals surface area contributed by atoms with Gasteiger partial charge < -0.3 is 5.32 Å². The van der Waals surface area contributed by atoms with Crippen molar-refractivity contribution in [2.45, 2.75) is 26.8 Å². The molecule has 0 saturated carbocycles. The van der Waals surface area contributed by atoms with E-state index >= 15 is 0 Å². The summed E-state index contributed by atoms with van der Waals surface area (Å²) in [5.41, 5.74) is 1.45. The van der Waals surface area contributed by atoms with Gasteiger partial charge in [0.05, 0.1) is 0 Å². The van der Waals surface area contributed by atoms with Gasteiger partial charge in [0.2, 0.25) is 0 Å². The molecule has 0 saturated heterocycles. The Bertz CT molecular complexity index is 304. The van der Waals surface area contributed by atoms with Crippen LogP contribution in [0.1, 0.15) is 32.4 Å². The van der Waals surface area contributed by atoms with Gasteiger partial charge in [-0.3, -0.25) is 4.98 Å². The molecule has 1 atom stereocenters. The van der Waals surface area contributed by atoms with E-state index in [9.17, 15) is 0 Å². The first-order valence-electron chi connectivity index (χ1n) is 4.73. The quantitative estimate of drug-likeness (QED) is 0.880. The Morgan fingerprint density at radius 1 is 1.43 bits per heavy atom. The number of hydrogen-bond donors (Lipinski definition) is 1. The second kappa shape index (κ2) is 4.41. The average molecular weight is 257 g/mol. The van der Waals surface area contributed by atoms with E-state index in [1.165, 1.54) is 5.56 Å². The molecular formula is C11H17BrN2. The Kier molecular flexibility index (Phi) is 3.67. The van der Waals surface area contributed by atoms with E-state index in [0.717, 1.165) is 4.47 Å². The molecule has 1 unspecified atom stereocenters. The number of nitrogens with one attached hydrogen (secondary N) is 1. The molecule has 1 N–H and O–H groups in total. The molecule has 0 aliphatic carbocycles. The van der Waals surface area contributed by atoms with Crippen LogP contribution < -0.4 is 5.32 Å². The van der Waals surface area contributed by atoms with E-state index in [0.29, 0.717) is 6.04 Å². The minimum absolute atomic E-state index is 0.193. The fourth-order valence-electron chi connectivity index (χ4n) is 1.68. The van der Waals surface area contributed by atoms with Crippen molar-refractivity contribution >= 4 is 15.9 Å². The number of rotatable bonds is 2. The summed E-state index contributed by atoms with van der Waals surface area (Å²) in [5.74, 6) is 0. The van der Waals surface area contributed by atoms with Crippen LogP contribution in [0, 0.1) is 5.41 Å². The molecule has 0 radical (unpaired) electrons. The normalized spacial score (nSPS) is 14.1. The number of hydrogen-bond acceptors (Lipinski definition) is 2. The molecule has 0 bridgehead atoms. The molecule has 14 heavy (non-hydrogen) atoms. The van der Waals surface area contributed by atoms with Crippen molar-refractivity contribution in [3.63, 3.8) is 0 Å². The highest BCUT2D eigenvalue weighted by atomic mass is 79.9. The molecule has 1 aromatic rings. The standard InChI is InChI=1S/C11H17BrN2/c1-11(2,3)10(13-4)8-5-6-14-7-9(8)12/h5-7,10,13H,1-4H3. The van der Waals surface area contributed by atoms with Crippen molar-refractivity contribution in [1.82, 2.24) is 10.3 Å². The molecule has 1 rings (SSSR count). The van der Waals surface area contributed by atoms with Crippen molar-refractivity contribution in [3.8, 4) is 0 Å². The van der Waals surface area contributed by atoms with E-state index in [4.69, 9.17) is 0 Å². The minimum atomic E-state index is 0.193. The third kappa shape index (κ3) is 2.55. The average Bonchev–Trinajstić information content (AvgIpc) is 2.07. The molecule has 0 aliphatic rings. The second-order valence-corrected chi connectivity index (χ2v) is 5.34. The summed E-state index contributed by atoms with van der Waals surface area (Å²) in [7, 11) is 1.99. The topological polar surface area (TPSA) is 24.9 Å². The zero-order chi connectivity index (χ0) is 10.8. The van der Waals surface area contributed by atoms with Gasteiger partial charge in [-0.05, 0) is 40.0 Å². The first-order valence-corrected chi connectivity index (χ1v) is 5.53. The van der Waals surface area contributed by atoms with Crippen LogP contribution in [0.2, 0.25) is 0 Å².